The van der Waals surface area contributed by atoms with E-state index < -0.39 is 0 Å². The Balaban J connectivity index is 1.46. The van der Waals surface area contributed by atoms with Gasteiger partial charge in [-0.2, -0.15) is 4.98 Å². The number of amidine groups is 1. The van der Waals surface area contributed by atoms with E-state index in [0.29, 0.717) is 36.1 Å². The molecule has 2 aliphatic heterocycles. The number of anilines is 2. The fourth-order valence-electron chi connectivity index (χ4n) is 6.23. The minimum atomic E-state index is 0.143. The van der Waals surface area contributed by atoms with Gasteiger partial charge in [-0.3, -0.25) is 4.84 Å². The van der Waals surface area contributed by atoms with Crippen LogP contribution in [0.25, 0.3) is 11.2 Å². The Kier molecular flexibility index (Phi) is 6.96. The highest BCUT2D eigenvalue weighted by molar-refractivity contribution is 5.98. The smallest absolute Gasteiger partial charge is 0.208 e. The molecule has 10 nitrogen and oxygen atoms in total. The quantitative estimate of drug-likeness (QED) is 0.574. The molecule has 3 unspecified atom stereocenters. The highest BCUT2D eigenvalue weighted by Crippen LogP contribution is 2.36. The lowest BCUT2D eigenvalue weighted by atomic mass is 9.80. The van der Waals surface area contributed by atoms with Crippen molar-refractivity contribution in [1.29, 1.82) is 0 Å². The van der Waals surface area contributed by atoms with E-state index in [0.717, 1.165) is 41.9 Å². The zero-order valence-corrected chi connectivity index (χ0v) is 22.7. The lowest BCUT2D eigenvalue weighted by Gasteiger charge is -2.39. The van der Waals surface area contributed by atoms with E-state index >= 15 is 0 Å². The van der Waals surface area contributed by atoms with Gasteiger partial charge in [-0.25, -0.2) is 20.4 Å². The molecule has 1 saturated heterocycles. The fraction of sp³-hybridized carbons (Fsp3) is 0.778. The molecule has 0 spiro atoms. The summed E-state index contributed by atoms with van der Waals surface area (Å²) in [5.74, 6) is 5.06. The molecule has 4 heterocycles. The van der Waals surface area contributed by atoms with Crippen molar-refractivity contribution < 1.29 is 9.57 Å². The average molecular weight is 511 g/mol. The van der Waals surface area contributed by atoms with Gasteiger partial charge >= 0.3 is 0 Å². The van der Waals surface area contributed by atoms with E-state index in [9.17, 15) is 0 Å². The van der Waals surface area contributed by atoms with Crippen molar-refractivity contribution in [2.45, 2.75) is 97.4 Å². The van der Waals surface area contributed by atoms with E-state index in [4.69, 9.17) is 24.5 Å². The number of aliphatic imine (C=N–C) groups is 1. The summed E-state index contributed by atoms with van der Waals surface area (Å²) in [5.41, 5.74) is 4.59. The van der Waals surface area contributed by atoms with E-state index in [1.165, 1.54) is 44.9 Å². The maximum atomic E-state index is 5.97. The predicted molar refractivity (Wildman–Crippen MR) is 145 cm³/mol. The van der Waals surface area contributed by atoms with Gasteiger partial charge < -0.3 is 19.5 Å². The van der Waals surface area contributed by atoms with Crippen molar-refractivity contribution >= 4 is 28.8 Å². The topological polar surface area (TPSA) is 102 Å². The zero-order valence-electron chi connectivity index (χ0n) is 22.7. The number of aromatic nitrogens is 4. The minimum absolute atomic E-state index is 0.143. The molecule has 202 valence electrons. The Morgan fingerprint density at radius 3 is 2.57 bits per heavy atom. The van der Waals surface area contributed by atoms with Gasteiger partial charge in [-0.1, -0.05) is 26.2 Å². The number of hydrogen-bond donors (Lipinski definition) is 2. The Morgan fingerprint density at radius 1 is 1.05 bits per heavy atom. The Morgan fingerprint density at radius 2 is 1.86 bits per heavy atom. The summed E-state index contributed by atoms with van der Waals surface area (Å²) in [6.07, 6.45) is 9.11. The van der Waals surface area contributed by atoms with E-state index in [1.807, 2.05) is 0 Å². The molecule has 4 aliphatic rings. The van der Waals surface area contributed by atoms with Gasteiger partial charge in [0.1, 0.15) is 5.52 Å². The molecule has 0 aromatic carbocycles. The number of nitrogens with one attached hydrogen (secondary N) is 2. The first kappa shape index (κ1) is 24.9. The number of hydrogen-bond acceptors (Lipinski definition) is 9. The average Bonchev–Trinajstić information content (AvgIpc) is 3.50. The van der Waals surface area contributed by atoms with Crippen LogP contribution >= 0.6 is 0 Å². The van der Waals surface area contributed by atoms with Gasteiger partial charge in [0.15, 0.2) is 24.0 Å². The van der Waals surface area contributed by atoms with Gasteiger partial charge in [0, 0.05) is 19.1 Å². The summed E-state index contributed by atoms with van der Waals surface area (Å²) in [7, 11) is 0. The van der Waals surface area contributed by atoms with Crippen LogP contribution < -0.4 is 15.7 Å². The number of morpholine rings is 1. The van der Waals surface area contributed by atoms with Crippen molar-refractivity contribution in [3.8, 4) is 0 Å². The molecule has 2 aromatic rings. The van der Waals surface area contributed by atoms with Gasteiger partial charge in [0.05, 0.1) is 18.8 Å². The summed E-state index contributed by atoms with van der Waals surface area (Å²) >= 11 is 0. The summed E-state index contributed by atoms with van der Waals surface area (Å²) in [5, 5.41) is 3.79. The van der Waals surface area contributed by atoms with Crippen LogP contribution in [0.1, 0.15) is 78.5 Å². The molecular formula is C27H42N8O2. The SMILES string of the molecule is CC1CCC(Cn2c(N3CCOC(C)C3C)nc3nc(C4=NCON4)nc(NC(C)C4CCC4)c32)CC1. The minimum Gasteiger partial charge on any atom is -0.375 e. The highest BCUT2D eigenvalue weighted by atomic mass is 16.7. The Hall–Kier alpha value is -2.46. The van der Waals surface area contributed by atoms with E-state index in [2.05, 4.69) is 53.0 Å². The van der Waals surface area contributed by atoms with Crippen molar-refractivity contribution in [2.75, 3.05) is 30.1 Å². The van der Waals surface area contributed by atoms with E-state index in [1.54, 1.807) is 0 Å². The largest absolute Gasteiger partial charge is 0.375 e. The Labute approximate surface area is 219 Å². The molecule has 10 heteroatoms. The molecule has 0 bridgehead atoms. The maximum Gasteiger partial charge on any atom is 0.208 e. The van der Waals surface area contributed by atoms with Crippen molar-refractivity contribution in [3.05, 3.63) is 5.82 Å². The first-order valence-electron chi connectivity index (χ1n) is 14.3. The lowest BCUT2D eigenvalue weighted by Crippen LogP contribution is -2.49. The van der Waals surface area contributed by atoms with Crippen LogP contribution in [-0.4, -0.2) is 63.4 Å². The fourth-order valence-corrected chi connectivity index (χ4v) is 6.23. The summed E-state index contributed by atoms with van der Waals surface area (Å²) in [6, 6.07) is 0.557. The van der Waals surface area contributed by atoms with Crippen LogP contribution in [0.5, 0.6) is 0 Å². The molecule has 0 amide bonds. The maximum absolute atomic E-state index is 5.97. The lowest BCUT2D eigenvalue weighted by molar-refractivity contribution is 0.0274. The number of fused-ring (bicyclic) bond motifs is 1. The molecule has 2 aliphatic carbocycles. The highest BCUT2D eigenvalue weighted by Gasteiger charge is 2.33. The monoisotopic (exact) mass is 510 g/mol. The number of rotatable bonds is 7. The number of imidazole rings is 1. The Bertz CT molecular complexity index is 1140. The van der Waals surface area contributed by atoms with Crippen LogP contribution in [0, 0.1) is 17.8 Å². The van der Waals surface area contributed by atoms with Crippen LogP contribution in [0.15, 0.2) is 4.99 Å². The molecule has 3 fully saturated rings. The van der Waals surface area contributed by atoms with Crippen LogP contribution in [0.3, 0.4) is 0 Å². The predicted octanol–water partition coefficient (Wildman–Crippen LogP) is 4.11. The van der Waals surface area contributed by atoms with Crippen molar-refractivity contribution in [3.63, 3.8) is 0 Å². The van der Waals surface area contributed by atoms with Crippen LogP contribution in [0.2, 0.25) is 0 Å². The third kappa shape index (κ3) is 4.90. The second-order valence-electron chi connectivity index (χ2n) is 11.7. The first-order chi connectivity index (χ1) is 18.0. The summed E-state index contributed by atoms with van der Waals surface area (Å²) in [4.78, 5) is 27.2. The summed E-state index contributed by atoms with van der Waals surface area (Å²) in [6.45, 7) is 11.8. The van der Waals surface area contributed by atoms with Gasteiger partial charge in [-0.05, 0) is 64.2 Å². The molecule has 0 radical (unpaired) electrons. The third-order valence-electron chi connectivity index (χ3n) is 9.19. The number of hydroxylamine groups is 1. The van der Waals surface area contributed by atoms with Crippen molar-refractivity contribution in [1.82, 2.24) is 25.0 Å². The summed E-state index contributed by atoms with van der Waals surface area (Å²) < 4.78 is 8.39. The van der Waals surface area contributed by atoms with E-state index in [-0.39, 0.29) is 18.9 Å². The van der Waals surface area contributed by atoms with Gasteiger partial charge in [0.2, 0.25) is 11.8 Å². The van der Waals surface area contributed by atoms with Crippen LogP contribution in [-0.2, 0) is 16.1 Å². The standard InChI is InChI=1S/C27H42N8O2/c1-16-8-10-20(11-9-16)14-35-22-23(29-17(2)21-6-5-7-21)30-26(25-28-15-37-33-25)31-24(22)32-27(35)34-12-13-36-19(4)18(34)3/h16-21H,5-15H2,1-4H3,(H,28,33)(H,29,30,31). The second-order valence-corrected chi connectivity index (χ2v) is 11.7. The molecule has 6 rings (SSSR count). The first-order valence-corrected chi connectivity index (χ1v) is 14.3. The van der Waals surface area contributed by atoms with Gasteiger partial charge in [0.25, 0.3) is 0 Å². The number of nitrogens with zero attached hydrogens (tertiary/aromatic N) is 6. The zero-order chi connectivity index (χ0) is 25.5. The second kappa shape index (κ2) is 10.4. The molecule has 2 aromatic heterocycles. The molecule has 2 N–H and O–H groups in total. The van der Waals surface area contributed by atoms with Gasteiger partial charge in [-0.15, -0.1) is 0 Å². The van der Waals surface area contributed by atoms with Crippen LogP contribution in [0.4, 0.5) is 11.8 Å². The number of ether oxygens (including phenoxy) is 1. The normalized spacial score (nSPS) is 29.6. The van der Waals surface area contributed by atoms with Crippen molar-refractivity contribution in [2.24, 2.45) is 22.7 Å². The molecule has 2 saturated carbocycles. The molecule has 3 atom stereocenters. The molecule has 37 heavy (non-hydrogen) atoms. The third-order valence-corrected chi connectivity index (χ3v) is 9.19. The molecular weight excluding hydrogens is 468 g/mol.